The first kappa shape index (κ1) is 19.8. The summed E-state index contributed by atoms with van der Waals surface area (Å²) in [5.74, 6) is -2.30. The summed E-state index contributed by atoms with van der Waals surface area (Å²) in [5.41, 5.74) is -1.16. The number of esters is 1. The van der Waals surface area contributed by atoms with Crippen molar-refractivity contribution < 1.29 is 27.1 Å². The van der Waals surface area contributed by atoms with Gasteiger partial charge in [0.25, 0.3) is 0 Å². The molecule has 0 aromatic heterocycles. The number of ether oxygens (including phenoxy) is 1. The summed E-state index contributed by atoms with van der Waals surface area (Å²) in [7, 11) is -2.00. The Morgan fingerprint density at radius 1 is 1.27 bits per heavy atom. The summed E-state index contributed by atoms with van der Waals surface area (Å²) >= 11 is 1.06. The fraction of sp³-hybridized carbons (Fsp3) is 0.929. The Hall–Kier alpha value is -0.213. The van der Waals surface area contributed by atoms with Crippen molar-refractivity contribution in [1.29, 1.82) is 0 Å². The molecule has 0 spiro atoms. The molecule has 1 aliphatic rings. The third-order valence-electron chi connectivity index (χ3n) is 4.31. The van der Waals surface area contributed by atoms with Crippen LogP contribution in [0.25, 0.3) is 0 Å². The molecule has 3 nitrogen and oxygen atoms in total. The normalized spacial score (nSPS) is 27.0. The molecule has 1 fully saturated rings. The van der Waals surface area contributed by atoms with Crippen molar-refractivity contribution in [2.24, 2.45) is 5.92 Å². The first-order valence-electron chi connectivity index (χ1n) is 7.27. The number of thioether (sulfide) groups is 1. The average molecular weight is 358 g/mol. The van der Waals surface area contributed by atoms with E-state index in [1.54, 1.807) is 0 Å². The van der Waals surface area contributed by atoms with Crippen LogP contribution in [0.2, 0.25) is 18.1 Å². The van der Waals surface area contributed by atoms with E-state index in [1.165, 1.54) is 0 Å². The predicted octanol–water partition coefficient (Wildman–Crippen LogP) is 4.58. The number of hydrogen-bond donors (Lipinski definition) is 0. The molecule has 0 unspecified atom stereocenters. The summed E-state index contributed by atoms with van der Waals surface area (Å²) in [5, 5.41) is -0.292. The van der Waals surface area contributed by atoms with Crippen molar-refractivity contribution in [2.75, 3.05) is 6.61 Å². The average Bonchev–Trinajstić information content (AvgIpc) is 2.67. The molecule has 0 amide bonds. The summed E-state index contributed by atoms with van der Waals surface area (Å²) in [6, 6.07) is 0. The molecule has 0 radical (unpaired) electrons. The van der Waals surface area contributed by atoms with Crippen LogP contribution >= 0.6 is 11.8 Å². The summed E-state index contributed by atoms with van der Waals surface area (Å²) in [4.78, 5) is 11.0. The first-order valence-corrected chi connectivity index (χ1v) is 11.1. The summed E-state index contributed by atoms with van der Waals surface area (Å²) in [6.07, 6.45) is -4.43. The van der Waals surface area contributed by atoms with E-state index in [2.05, 4.69) is 33.9 Å². The van der Waals surface area contributed by atoms with Crippen molar-refractivity contribution in [3.8, 4) is 0 Å². The SMILES string of the molecule is CC(=O)O[C@H]1S[C@@H](CO[Si](C)(C)C(C)(C)C)C[C@H]1C(F)(F)F. The van der Waals surface area contributed by atoms with Gasteiger partial charge in [0.2, 0.25) is 0 Å². The van der Waals surface area contributed by atoms with Crippen LogP contribution in [0.1, 0.15) is 34.1 Å². The number of carbonyl (C=O) groups is 1. The number of rotatable bonds is 4. The highest BCUT2D eigenvalue weighted by atomic mass is 32.2. The third kappa shape index (κ3) is 5.16. The van der Waals surface area contributed by atoms with Crippen LogP contribution in [-0.2, 0) is 14.0 Å². The molecule has 3 atom stereocenters. The Morgan fingerprint density at radius 2 is 1.82 bits per heavy atom. The largest absolute Gasteiger partial charge is 0.451 e. The van der Waals surface area contributed by atoms with E-state index in [0.717, 1.165) is 18.7 Å². The zero-order chi connectivity index (χ0) is 17.3. The third-order valence-corrected chi connectivity index (χ3v) is 10.2. The Balaban J connectivity index is 2.69. The summed E-state index contributed by atoms with van der Waals surface area (Å²) < 4.78 is 50.0. The zero-order valence-corrected chi connectivity index (χ0v) is 15.7. The minimum atomic E-state index is -4.36. The van der Waals surface area contributed by atoms with Gasteiger partial charge < -0.3 is 9.16 Å². The second kappa shape index (κ2) is 6.73. The van der Waals surface area contributed by atoms with E-state index in [4.69, 9.17) is 9.16 Å². The van der Waals surface area contributed by atoms with Crippen LogP contribution in [0.15, 0.2) is 0 Å². The number of carbonyl (C=O) groups excluding carboxylic acids is 1. The van der Waals surface area contributed by atoms with Gasteiger partial charge in [-0.05, 0) is 24.6 Å². The van der Waals surface area contributed by atoms with Crippen molar-refractivity contribution in [1.82, 2.24) is 0 Å². The maximum absolute atomic E-state index is 13.1. The molecule has 1 heterocycles. The van der Waals surface area contributed by atoms with Gasteiger partial charge in [-0.1, -0.05) is 20.8 Å². The molecular weight excluding hydrogens is 333 g/mol. The quantitative estimate of drug-likeness (QED) is 0.544. The van der Waals surface area contributed by atoms with Crippen LogP contribution < -0.4 is 0 Å². The Kier molecular flexibility index (Phi) is 6.06. The highest BCUT2D eigenvalue weighted by Gasteiger charge is 2.53. The van der Waals surface area contributed by atoms with E-state index in [1.807, 2.05) is 0 Å². The molecule has 0 N–H and O–H groups in total. The van der Waals surface area contributed by atoms with E-state index in [9.17, 15) is 18.0 Å². The lowest BCUT2D eigenvalue weighted by atomic mass is 10.0. The smallest absolute Gasteiger partial charge is 0.396 e. The minimum absolute atomic E-state index is 0.00891. The molecule has 0 aliphatic carbocycles. The van der Waals surface area contributed by atoms with Crippen LogP contribution in [0.4, 0.5) is 13.2 Å². The Bertz CT molecular complexity index is 407. The van der Waals surface area contributed by atoms with Crippen LogP contribution in [-0.4, -0.2) is 37.8 Å². The number of alkyl halides is 3. The van der Waals surface area contributed by atoms with Gasteiger partial charge in [-0.2, -0.15) is 13.2 Å². The maximum Gasteiger partial charge on any atom is 0.396 e. The fourth-order valence-corrected chi connectivity index (χ4v) is 4.58. The molecule has 1 saturated heterocycles. The minimum Gasteiger partial charge on any atom is -0.451 e. The lowest BCUT2D eigenvalue weighted by Gasteiger charge is -2.36. The van der Waals surface area contributed by atoms with Gasteiger partial charge in [0, 0.05) is 18.8 Å². The zero-order valence-electron chi connectivity index (χ0n) is 13.9. The molecule has 0 bridgehead atoms. The molecule has 0 aromatic rings. The van der Waals surface area contributed by atoms with Crippen molar-refractivity contribution in [3.63, 3.8) is 0 Å². The number of hydrogen-bond acceptors (Lipinski definition) is 4. The standard InChI is InChI=1S/C14H25F3O3SSi/c1-9(18)20-12-11(14(15,16)17)7-10(21-12)8-19-22(5,6)13(2,3)4/h10-12H,7-8H2,1-6H3/t10-,11-,12+/m1/s1. The van der Waals surface area contributed by atoms with Gasteiger partial charge in [-0.15, -0.1) is 11.8 Å². The molecule has 1 rings (SSSR count). The van der Waals surface area contributed by atoms with Gasteiger partial charge in [0.05, 0.1) is 0 Å². The lowest BCUT2D eigenvalue weighted by Crippen LogP contribution is -2.42. The second-order valence-corrected chi connectivity index (χ2v) is 13.4. The second-order valence-electron chi connectivity index (χ2n) is 7.19. The monoisotopic (exact) mass is 358 g/mol. The number of halogens is 3. The van der Waals surface area contributed by atoms with Crippen molar-refractivity contribution >= 4 is 26.0 Å². The fourth-order valence-electron chi connectivity index (χ4n) is 1.92. The first-order chi connectivity index (χ1) is 9.74. The molecule has 0 aromatic carbocycles. The molecule has 8 heteroatoms. The lowest BCUT2D eigenvalue weighted by molar-refractivity contribution is -0.194. The van der Waals surface area contributed by atoms with Crippen molar-refractivity contribution in [3.05, 3.63) is 0 Å². The van der Waals surface area contributed by atoms with Gasteiger partial charge in [-0.25, -0.2) is 0 Å². The van der Waals surface area contributed by atoms with Gasteiger partial charge in [0.1, 0.15) is 5.92 Å². The maximum atomic E-state index is 13.1. The highest BCUT2D eigenvalue weighted by molar-refractivity contribution is 8.00. The van der Waals surface area contributed by atoms with E-state index in [0.29, 0.717) is 0 Å². The summed E-state index contributed by atoms with van der Waals surface area (Å²) in [6.45, 7) is 11.8. The Labute approximate surface area is 135 Å². The predicted molar refractivity (Wildman–Crippen MR) is 84.2 cm³/mol. The van der Waals surface area contributed by atoms with Crippen molar-refractivity contribution in [2.45, 2.75) is 69.1 Å². The molecule has 130 valence electrons. The van der Waals surface area contributed by atoms with E-state index >= 15 is 0 Å². The molecule has 22 heavy (non-hydrogen) atoms. The van der Waals surface area contributed by atoms with Gasteiger partial charge in [-0.3, -0.25) is 4.79 Å². The van der Waals surface area contributed by atoms with Crippen LogP contribution in [0.5, 0.6) is 0 Å². The van der Waals surface area contributed by atoms with E-state index in [-0.39, 0.29) is 23.3 Å². The van der Waals surface area contributed by atoms with Gasteiger partial charge in [0.15, 0.2) is 13.8 Å². The van der Waals surface area contributed by atoms with E-state index < -0.39 is 31.8 Å². The van der Waals surface area contributed by atoms with Gasteiger partial charge >= 0.3 is 12.1 Å². The van der Waals surface area contributed by atoms with Crippen LogP contribution in [0.3, 0.4) is 0 Å². The Morgan fingerprint density at radius 3 is 2.23 bits per heavy atom. The molecule has 0 saturated carbocycles. The van der Waals surface area contributed by atoms with Crippen LogP contribution in [0, 0.1) is 5.92 Å². The molecular formula is C14H25F3O3SSi. The highest BCUT2D eigenvalue weighted by Crippen LogP contribution is 2.48. The molecule has 1 aliphatic heterocycles. The topological polar surface area (TPSA) is 35.5 Å².